The van der Waals surface area contributed by atoms with Crippen LogP contribution < -0.4 is 14.8 Å². The third-order valence-corrected chi connectivity index (χ3v) is 9.64. The van der Waals surface area contributed by atoms with E-state index < -0.39 is 0 Å². The van der Waals surface area contributed by atoms with Crippen LogP contribution in [0.15, 0.2) is 18.2 Å². The highest BCUT2D eigenvalue weighted by Gasteiger charge is 2.44. The molecule has 10 heteroatoms. The van der Waals surface area contributed by atoms with Crippen LogP contribution in [0, 0.1) is 17.8 Å². The third kappa shape index (κ3) is 7.64. The van der Waals surface area contributed by atoms with Crippen molar-refractivity contribution in [2.45, 2.75) is 91.1 Å². The molecular formula is C35H51N5O5. The fourth-order valence-electron chi connectivity index (χ4n) is 7.63. The first-order valence-corrected chi connectivity index (χ1v) is 16.9. The normalized spacial score (nSPS) is 23.0. The van der Waals surface area contributed by atoms with Gasteiger partial charge in [-0.25, -0.2) is 0 Å². The average molecular weight is 622 g/mol. The van der Waals surface area contributed by atoms with Gasteiger partial charge in [-0.3, -0.25) is 19.1 Å². The number of methoxy groups -OCH3 is 2. The molecule has 246 valence electrons. The smallest absolute Gasteiger partial charge is 0.272 e. The summed E-state index contributed by atoms with van der Waals surface area (Å²) in [4.78, 5) is 44.7. The molecule has 3 atom stereocenters. The molecule has 0 spiro atoms. The number of hydrogen-bond donors (Lipinski definition) is 1. The third-order valence-electron chi connectivity index (χ3n) is 9.64. The zero-order chi connectivity index (χ0) is 32.1. The van der Waals surface area contributed by atoms with Crippen molar-refractivity contribution in [3.63, 3.8) is 0 Å². The lowest BCUT2D eigenvalue weighted by molar-refractivity contribution is -0.140. The molecule has 3 aliphatic rings. The molecule has 0 saturated carbocycles. The number of hydrogen-bond acceptors (Lipinski definition) is 6. The van der Waals surface area contributed by atoms with Gasteiger partial charge < -0.3 is 24.6 Å². The number of ether oxygens (including phenoxy) is 2. The monoisotopic (exact) mass is 621 g/mol. The zero-order valence-corrected chi connectivity index (χ0v) is 27.8. The molecule has 5 rings (SSSR count). The van der Waals surface area contributed by atoms with Crippen molar-refractivity contribution in [1.29, 1.82) is 0 Å². The molecule has 4 heterocycles. The van der Waals surface area contributed by atoms with E-state index in [1.54, 1.807) is 14.2 Å². The van der Waals surface area contributed by atoms with E-state index >= 15 is 0 Å². The van der Waals surface area contributed by atoms with Gasteiger partial charge in [0.2, 0.25) is 11.8 Å². The fourth-order valence-corrected chi connectivity index (χ4v) is 7.63. The molecular weight excluding hydrogens is 570 g/mol. The van der Waals surface area contributed by atoms with Gasteiger partial charge >= 0.3 is 0 Å². The highest BCUT2D eigenvalue weighted by Crippen LogP contribution is 2.37. The van der Waals surface area contributed by atoms with Gasteiger partial charge in [0.05, 0.1) is 19.9 Å². The van der Waals surface area contributed by atoms with Gasteiger partial charge in [-0.15, -0.1) is 0 Å². The molecule has 1 aromatic carbocycles. The number of carbonyl (C=O) groups is 3. The maximum Gasteiger partial charge on any atom is 0.272 e. The van der Waals surface area contributed by atoms with E-state index in [-0.39, 0.29) is 35.6 Å². The van der Waals surface area contributed by atoms with Gasteiger partial charge in [0.25, 0.3) is 5.91 Å². The number of likely N-dealkylation sites (tertiary alicyclic amines) is 1. The van der Waals surface area contributed by atoms with Crippen molar-refractivity contribution in [3.05, 3.63) is 40.7 Å². The Labute approximate surface area is 267 Å². The Morgan fingerprint density at radius 2 is 1.84 bits per heavy atom. The van der Waals surface area contributed by atoms with E-state index in [1.165, 1.54) is 0 Å². The first-order chi connectivity index (χ1) is 21.7. The summed E-state index contributed by atoms with van der Waals surface area (Å²) < 4.78 is 13.2. The van der Waals surface area contributed by atoms with Crippen LogP contribution in [0.25, 0.3) is 0 Å². The molecule has 2 aromatic rings. The second-order valence-electron chi connectivity index (χ2n) is 13.5. The summed E-state index contributed by atoms with van der Waals surface area (Å²) in [5.41, 5.74) is 3.69. The molecule has 10 nitrogen and oxygen atoms in total. The van der Waals surface area contributed by atoms with Gasteiger partial charge in [-0.05, 0) is 92.9 Å². The second-order valence-corrected chi connectivity index (χ2v) is 13.5. The number of nitrogens with zero attached hydrogens (tertiary/aromatic N) is 4. The topological polar surface area (TPSA) is 106 Å². The predicted molar refractivity (Wildman–Crippen MR) is 172 cm³/mol. The molecule has 3 amide bonds. The van der Waals surface area contributed by atoms with Crippen LogP contribution in [-0.2, 0) is 35.4 Å². The standard InChI is InChI=1S/C35H51N5O5/c1-6-40-30(19-28(37-40)15-23(2)3)35(43)38-20-25-17-27(22-38)29-10-7-11-32(41)36-14-8-9-26-16-24(12-13-33(42)39(29)21-25)18-31(44-4)34(26)45-5/h16,18-19,23,25,27,29H,6-15,17,20-22H2,1-5H3,(H,36,41)/t25-,27-,29-/m0/s1. The maximum absolute atomic E-state index is 13.9. The number of aryl methyl sites for hydroxylation is 3. The highest BCUT2D eigenvalue weighted by atomic mass is 16.5. The summed E-state index contributed by atoms with van der Waals surface area (Å²) in [7, 11) is 3.28. The summed E-state index contributed by atoms with van der Waals surface area (Å²) in [6.07, 6.45) is 6.28. The van der Waals surface area contributed by atoms with Crippen molar-refractivity contribution in [2.24, 2.45) is 17.8 Å². The minimum atomic E-state index is -0.00129. The summed E-state index contributed by atoms with van der Waals surface area (Å²) in [6.45, 7) is 9.48. The van der Waals surface area contributed by atoms with E-state index in [0.29, 0.717) is 81.5 Å². The number of fused-ring (bicyclic) bond motifs is 6. The van der Waals surface area contributed by atoms with E-state index in [1.807, 2.05) is 28.6 Å². The van der Waals surface area contributed by atoms with Gasteiger partial charge in [0, 0.05) is 51.6 Å². The van der Waals surface area contributed by atoms with Gasteiger partial charge in [0.15, 0.2) is 11.5 Å². The van der Waals surface area contributed by atoms with E-state index in [9.17, 15) is 14.4 Å². The number of amides is 3. The van der Waals surface area contributed by atoms with Crippen LogP contribution in [0.1, 0.15) is 86.6 Å². The van der Waals surface area contributed by atoms with Crippen LogP contribution in [0.5, 0.6) is 11.5 Å². The number of nitrogens with one attached hydrogen (secondary N) is 1. The lowest BCUT2D eigenvalue weighted by Gasteiger charge is -2.51. The van der Waals surface area contributed by atoms with Crippen molar-refractivity contribution < 1.29 is 23.9 Å². The molecule has 2 saturated heterocycles. The molecule has 2 fully saturated rings. The van der Waals surface area contributed by atoms with Crippen LogP contribution in [0.3, 0.4) is 0 Å². The van der Waals surface area contributed by atoms with E-state index in [2.05, 4.69) is 30.1 Å². The Morgan fingerprint density at radius 1 is 1.02 bits per heavy atom. The fraction of sp³-hybridized carbons (Fsp3) is 0.657. The average Bonchev–Trinajstić information content (AvgIpc) is 3.43. The SMILES string of the molecule is CCn1nc(CC(C)C)cc1C(=O)N1C[C@@H]2C[C@@H](C1)[C@@H]1CCCC(=O)NCCCc3cc(cc(OC)c3OC)CCC(=O)N1C2. The zero-order valence-electron chi connectivity index (χ0n) is 27.8. The number of piperidine rings is 2. The van der Waals surface area contributed by atoms with E-state index in [4.69, 9.17) is 14.6 Å². The van der Waals surface area contributed by atoms with Gasteiger partial charge in [-0.1, -0.05) is 19.9 Å². The molecule has 4 bridgehead atoms. The molecule has 0 aliphatic carbocycles. The molecule has 1 aromatic heterocycles. The van der Waals surface area contributed by atoms with Crippen molar-refractivity contribution in [1.82, 2.24) is 24.9 Å². The van der Waals surface area contributed by atoms with Crippen LogP contribution >= 0.6 is 0 Å². The number of rotatable bonds is 6. The summed E-state index contributed by atoms with van der Waals surface area (Å²) in [5, 5.41) is 7.79. The second kappa shape index (κ2) is 14.7. The Balaban J connectivity index is 1.36. The predicted octanol–water partition coefficient (Wildman–Crippen LogP) is 4.27. The summed E-state index contributed by atoms with van der Waals surface area (Å²) in [5.74, 6) is 2.45. The molecule has 0 radical (unpaired) electrons. The lowest BCUT2D eigenvalue weighted by Crippen LogP contribution is -2.60. The molecule has 0 unspecified atom stereocenters. The maximum atomic E-state index is 13.9. The largest absolute Gasteiger partial charge is 0.493 e. The van der Waals surface area contributed by atoms with Gasteiger partial charge in [0.1, 0.15) is 5.69 Å². The van der Waals surface area contributed by atoms with Crippen molar-refractivity contribution in [3.8, 4) is 11.5 Å². The highest BCUT2D eigenvalue weighted by molar-refractivity contribution is 5.93. The van der Waals surface area contributed by atoms with Gasteiger partial charge in [-0.2, -0.15) is 5.10 Å². The number of aromatic nitrogens is 2. The van der Waals surface area contributed by atoms with Crippen molar-refractivity contribution in [2.75, 3.05) is 40.4 Å². The quantitative estimate of drug-likeness (QED) is 0.517. The lowest BCUT2D eigenvalue weighted by atomic mass is 9.77. The summed E-state index contributed by atoms with van der Waals surface area (Å²) in [6, 6.07) is 6.05. The molecule has 45 heavy (non-hydrogen) atoms. The molecule has 1 N–H and O–H groups in total. The Kier molecular flexibility index (Phi) is 10.7. The van der Waals surface area contributed by atoms with E-state index in [0.717, 1.165) is 48.9 Å². The van der Waals surface area contributed by atoms with Crippen molar-refractivity contribution >= 4 is 17.7 Å². The molecule has 3 aliphatic heterocycles. The van der Waals surface area contributed by atoms with Crippen LogP contribution in [0.2, 0.25) is 0 Å². The number of benzene rings is 1. The number of carbonyl (C=O) groups excluding carboxylic acids is 3. The first kappa shape index (κ1) is 32.8. The Bertz CT molecular complexity index is 1370. The first-order valence-electron chi connectivity index (χ1n) is 16.9. The summed E-state index contributed by atoms with van der Waals surface area (Å²) >= 11 is 0. The van der Waals surface area contributed by atoms with Crippen LogP contribution in [-0.4, -0.2) is 83.7 Å². The Morgan fingerprint density at radius 3 is 2.58 bits per heavy atom. The minimum absolute atomic E-state index is 0.00129. The minimum Gasteiger partial charge on any atom is -0.493 e. The van der Waals surface area contributed by atoms with Crippen LogP contribution in [0.4, 0.5) is 0 Å². The Hall–Kier alpha value is -3.56.